The Morgan fingerprint density at radius 1 is 0.724 bits per heavy atom. The molecule has 148 valence electrons. The Morgan fingerprint density at radius 2 is 1.28 bits per heavy atom. The van der Waals surface area contributed by atoms with E-state index < -0.39 is 0 Å². The van der Waals surface area contributed by atoms with Crippen LogP contribution in [0, 0.1) is 12.7 Å². The highest BCUT2D eigenvalue weighted by Gasteiger charge is 2.10. The van der Waals surface area contributed by atoms with Crippen molar-refractivity contribution in [3.8, 4) is 0 Å². The van der Waals surface area contributed by atoms with Crippen LogP contribution < -0.4 is 16.0 Å². The summed E-state index contributed by atoms with van der Waals surface area (Å²) in [6, 6.07) is 20.8. The second kappa shape index (κ2) is 9.50. The van der Waals surface area contributed by atoms with Crippen molar-refractivity contribution in [3.63, 3.8) is 0 Å². The average molecular weight is 391 g/mol. The van der Waals surface area contributed by atoms with Gasteiger partial charge in [-0.2, -0.15) is 0 Å². The third-order valence-corrected chi connectivity index (χ3v) is 4.24. The Morgan fingerprint density at radius 3 is 1.93 bits per heavy atom. The molecule has 0 bridgehead atoms. The number of carbonyl (C=O) groups excluding carboxylic acids is 2. The van der Waals surface area contributed by atoms with Crippen molar-refractivity contribution in [2.45, 2.75) is 19.8 Å². The molecule has 3 N–H and O–H groups in total. The summed E-state index contributed by atoms with van der Waals surface area (Å²) in [5.74, 6) is -0.949. The van der Waals surface area contributed by atoms with E-state index in [-0.39, 0.29) is 30.5 Å². The summed E-state index contributed by atoms with van der Waals surface area (Å²) in [5.41, 5.74) is 3.97. The molecule has 0 aromatic heterocycles. The quantitative estimate of drug-likeness (QED) is 0.516. The molecule has 0 atom stereocenters. The predicted molar refractivity (Wildman–Crippen MR) is 114 cm³/mol. The molecule has 0 radical (unpaired) electrons. The molecular weight excluding hydrogens is 369 g/mol. The largest absolute Gasteiger partial charge is 0.354 e. The summed E-state index contributed by atoms with van der Waals surface area (Å²) in [5, 5.41) is 8.76. The van der Waals surface area contributed by atoms with Gasteiger partial charge in [0.1, 0.15) is 5.82 Å². The van der Waals surface area contributed by atoms with E-state index in [4.69, 9.17) is 0 Å². The average Bonchev–Trinajstić information content (AvgIpc) is 2.71. The lowest BCUT2D eigenvalue weighted by molar-refractivity contribution is -0.121. The monoisotopic (exact) mass is 391 g/mol. The molecule has 0 saturated carbocycles. The lowest BCUT2D eigenvalue weighted by Crippen LogP contribution is -2.17. The van der Waals surface area contributed by atoms with Gasteiger partial charge in [0.25, 0.3) is 0 Å². The Balaban J connectivity index is 1.54. The van der Waals surface area contributed by atoms with Crippen molar-refractivity contribution < 1.29 is 14.0 Å². The third kappa shape index (κ3) is 6.17. The van der Waals surface area contributed by atoms with Crippen molar-refractivity contribution in [1.29, 1.82) is 0 Å². The van der Waals surface area contributed by atoms with Crippen molar-refractivity contribution in [2.24, 2.45) is 0 Å². The SMILES string of the molecule is Cc1ccc(Nc2ccccc2NC(=O)CCC(=O)Nc2ccc(F)cc2)cc1. The highest BCUT2D eigenvalue weighted by Crippen LogP contribution is 2.25. The van der Waals surface area contributed by atoms with Gasteiger partial charge in [-0.15, -0.1) is 0 Å². The number of aryl methyl sites for hydroxylation is 1. The molecule has 0 aliphatic rings. The van der Waals surface area contributed by atoms with Crippen LogP contribution in [0.4, 0.5) is 27.1 Å². The van der Waals surface area contributed by atoms with E-state index in [1.165, 1.54) is 24.3 Å². The molecule has 0 saturated heterocycles. The zero-order valence-corrected chi connectivity index (χ0v) is 16.0. The van der Waals surface area contributed by atoms with Crippen LogP contribution in [-0.2, 0) is 9.59 Å². The Kier molecular flexibility index (Phi) is 6.58. The van der Waals surface area contributed by atoms with Crippen LogP contribution in [0.2, 0.25) is 0 Å². The number of hydrogen-bond donors (Lipinski definition) is 3. The van der Waals surface area contributed by atoms with Crippen LogP contribution in [-0.4, -0.2) is 11.8 Å². The van der Waals surface area contributed by atoms with Crippen LogP contribution in [0.15, 0.2) is 72.8 Å². The van der Waals surface area contributed by atoms with Crippen molar-refractivity contribution in [2.75, 3.05) is 16.0 Å². The topological polar surface area (TPSA) is 70.2 Å². The summed E-state index contributed by atoms with van der Waals surface area (Å²) in [6.07, 6.45) is 0.0582. The van der Waals surface area contributed by atoms with Crippen LogP contribution in [0.3, 0.4) is 0 Å². The minimum atomic E-state index is -0.375. The number of nitrogens with one attached hydrogen (secondary N) is 3. The summed E-state index contributed by atoms with van der Waals surface area (Å²) in [4.78, 5) is 24.3. The second-order valence-corrected chi connectivity index (χ2v) is 6.64. The second-order valence-electron chi connectivity index (χ2n) is 6.64. The van der Waals surface area contributed by atoms with Crippen molar-refractivity contribution in [1.82, 2.24) is 0 Å². The summed E-state index contributed by atoms with van der Waals surface area (Å²) < 4.78 is 12.9. The van der Waals surface area contributed by atoms with Gasteiger partial charge < -0.3 is 16.0 Å². The highest BCUT2D eigenvalue weighted by atomic mass is 19.1. The molecule has 0 spiro atoms. The summed E-state index contributed by atoms with van der Waals surface area (Å²) in [7, 11) is 0. The highest BCUT2D eigenvalue weighted by molar-refractivity contribution is 5.98. The molecule has 3 aromatic carbocycles. The van der Waals surface area contributed by atoms with Gasteiger partial charge in [0, 0.05) is 24.2 Å². The Labute approximate surface area is 169 Å². The summed E-state index contributed by atoms with van der Waals surface area (Å²) in [6.45, 7) is 2.02. The predicted octanol–water partition coefficient (Wildman–Crippen LogP) is 5.24. The van der Waals surface area contributed by atoms with E-state index in [1.807, 2.05) is 49.4 Å². The fourth-order valence-corrected chi connectivity index (χ4v) is 2.69. The number of para-hydroxylation sites is 2. The normalized spacial score (nSPS) is 10.3. The molecule has 0 unspecified atom stereocenters. The van der Waals surface area contributed by atoms with E-state index in [9.17, 15) is 14.0 Å². The van der Waals surface area contributed by atoms with Gasteiger partial charge in [-0.25, -0.2) is 4.39 Å². The van der Waals surface area contributed by atoms with Crippen molar-refractivity contribution >= 4 is 34.6 Å². The maximum Gasteiger partial charge on any atom is 0.224 e. The maximum absolute atomic E-state index is 12.9. The maximum atomic E-state index is 12.9. The molecule has 0 aliphatic carbocycles. The zero-order valence-electron chi connectivity index (χ0n) is 16.0. The Bertz CT molecular complexity index is 986. The van der Waals surface area contributed by atoms with E-state index in [1.54, 1.807) is 6.07 Å². The van der Waals surface area contributed by atoms with Gasteiger partial charge >= 0.3 is 0 Å². The van der Waals surface area contributed by atoms with Crippen LogP contribution in [0.1, 0.15) is 18.4 Å². The lowest BCUT2D eigenvalue weighted by atomic mass is 10.2. The first-order chi connectivity index (χ1) is 14.0. The first kappa shape index (κ1) is 20.1. The number of benzene rings is 3. The van der Waals surface area contributed by atoms with Crippen LogP contribution in [0.25, 0.3) is 0 Å². The van der Waals surface area contributed by atoms with E-state index >= 15 is 0 Å². The first-order valence-corrected chi connectivity index (χ1v) is 9.27. The molecule has 2 amide bonds. The summed E-state index contributed by atoms with van der Waals surface area (Å²) >= 11 is 0. The number of halogens is 1. The molecule has 3 rings (SSSR count). The fraction of sp³-hybridized carbons (Fsp3) is 0.130. The standard InChI is InChI=1S/C23H22FN3O2/c1-16-6-10-18(11-7-16)25-20-4-2-3-5-21(20)27-23(29)15-14-22(28)26-19-12-8-17(24)9-13-19/h2-13,25H,14-15H2,1H3,(H,26,28)(H,27,29). The zero-order chi connectivity index (χ0) is 20.6. The molecule has 3 aromatic rings. The van der Waals surface area contributed by atoms with E-state index in [0.29, 0.717) is 11.4 Å². The number of anilines is 4. The molecule has 0 fully saturated rings. The van der Waals surface area contributed by atoms with Gasteiger partial charge in [0.15, 0.2) is 0 Å². The Hall–Kier alpha value is -3.67. The first-order valence-electron chi connectivity index (χ1n) is 9.27. The van der Waals surface area contributed by atoms with Gasteiger partial charge in [0.2, 0.25) is 11.8 Å². The minimum absolute atomic E-state index is 0.0246. The fourth-order valence-electron chi connectivity index (χ4n) is 2.69. The van der Waals surface area contributed by atoms with E-state index in [0.717, 1.165) is 16.9 Å². The van der Waals surface area contributed by atoms with Crippen molar-refractivity contribution in [3.05, 3.63) is 84.2 Å². The number of rotatable bonds is 7. The van der Waals surface area contributed by atoms with Gasteiger partial charge in [-0.3, -0.25) is 9.59 Å². The van der Waals surface area contributed by atoms with Gasteiger partial charge in [0.05, 0.1) is 11.4 Å². The molecule has 0 aliphatic heterocycles. The van der Waals surface area contributed by atoms with E-state index in [2.05, 4.69) is 16.0 Å². The van der Waals surface area contributed by atoms with Crippen LogP contribution >= 0.6 is 0 Å². The molecule has 6 heteroatoms. The van der Waals surface area contributed by atoms with Crippen LogP contribution in [0.5, 0.6) is 0 Å². The number of hydrogen-bond acceptors (Lipinski definition) is 3. The number of carbonyl (C=O) groups is 2. The minimum Gasteiger partial charge on any atom is -0.354 e. The number of amides is 2. The molecule has 5 nitrogen and oxygen atoms in total. The molecule has 0 heterocycles. The molecule has 29 heavy (non-hydrogen) atoms. The van der Waals surface area contributed by atoms with Gasteiger partial charge in [-0.05, 0) is 55.5 Å². The lowest BCUT2D eigenvalue weighted by Gasteiger charge is -2.13. The third-order valence-electron chi connectivity index (χ3n) is 4.24. The smallest absolute Gasteiger partial charge is 0.224 e. The van der Waals surface area contributed by atoms with Gasteiger partial charge in [-0.1, -0.05) is 29.8 Å². The molecular formula is C23H22FN3O2.